The Balaban J connectivity index is 1.67. The number of aliphatic hydroxyl groups excluding tert-OH is 8. The quantitative estimate of drug-likeness (QED) is 0.0204. The molecule has 0 aliphatic carbocycles. The summed E-state index contributed by atoms with van der Waals surface area (Å²) in [6.45, 7) is 2.63. The van der Waals surface area contributed by atoms with Crippen LogP contribution in [0.1, 0.15) is 219 Å². The molecule has 0 radical (unpaired) electrons. The van der Waals surface area contributed by atoms with Gasteiger partial charge in [0.25, 0.3) is 0 Å². The van der Waals surface area contributed by atoms with Crippen LogP contribution in [0.25, 0.3) is 0 Å². The van der Waals surface area contributed by atoms with Crippen molar-refractivity contribution < 1.29 is 64.6 Å². The van der Waals surface area contributed by atoms with Gasteiger partial charge in [-0.1, -0.05) is 226 Å². The Morgan fingerprint density at radius 1 is 0.451 bits per heavy atom. The Morgan fingerprint density at radius 3 is 1.34 bits per heavy atom. The second-order valence-electron chi connectivity index (χ2n) is 22.1. The summed E-state index contributed by atoms with van der Waals surface area (Å²) < 4.78 is 22.8. The summed E-state index contributed by atoms with van der Waals surface area (Å²) in [5.41, 5.74) is 0. The van der Waals surface area contributed by atoms with Gasteiger partial charge in [-0.05, 0) is 96.3 Å². The topological polar surface area (TPSA) is 228 Å². The molecular weight excluding hydrogens is 1040 g/mol. The zero-order valence-electron chi connectivity index (χ0n) is 50.7. The number of ether oxygens (including phenoxy) is 4. The first-order valence-corrected chi connectivity index (χ1v) is 32.1. The smallest absolute Gasteiger partial charge is 0.220 e. The number of carbonyl (C=O) groups excluding carboxylic acids is 1. The summed E-state index contributed by atoms with van der Waals surface area (Å²) in [5, 5.41) is 87.1. The molecule has 0 aromatic carbocycles. The van der Waals surface area contributed by atoms with Crippen LogP contribution >= 0.6 is 0 Å². The average Bonchev–Trinajstić information content (AvgIpc) is 3.60. The van der Waals surface area contributed by atoms with Gasteiger partial charge in [0.1, 0.15) is 48.8 Å². The van der Waals surface area contributed by atoms with Crippen molar-refractivity contribution in [2.45, 2.75) is 293 Å². The molecule has 0 saturated carbocycles. The van der Waals surface area contributed by atoms with Gasteiger partial charge in [0.2, 0.25) is 5.91 Å². The monoisotopic (exact) mass is 1150 g/mol. The van der Waals surface area contributed by atoms with Crippen LogP contribution in [0.4, 0.5) is 0 Å². The third-order valence-electron chi connectivity index (χ3n) is 14.9. The fourth-order valence-electron chi connectivity index (χ4n) is 9.80. The van der Waals surface area contributed by atoms with Gasteiger partial charge in [0, 0.05) is 6.42 Å². The van der Waals surface area contributed by atoms with Crippen molar-refractivity contribution in [3.05, 3.63) is 109 Å². The lowest BCUT2D eigenvalue weighted by Gasteiger charge is -2.46. The lowest BCUT2D eigenvalue weighted by Crippen LogP contribution is -2.65. The molecule has 0 aromatic rings. The molecule has 2 fully saturated rings. The van der Waals surface area contributed by atoms with Crippen LogP contribution < -0.4 is 5.32 Å². The molecule has 12 atom stereocenters. The third-order valence-corrected chi connectivity index (χ3v) is 14.9. The largest absolute Gasteiger partial charge is 0.394 e. The normalized spacial score (nSPS) is 24.7. The van der Waals surface area contributed by atoms with E-state index in [4.69, 9.17) is 18.9 Å². The maximum Gasteiger partial charge on any atom is 0.220 e. The molecule has 470 valence electrons. The van der Waals surface area contributed by atoms with E-state index in [0.717, 1.165) is 83.5 Å². The van der Waals surface area contributed by atoms with Crippen molar-refractivity contribution in [2.24, 2.45) is 0 Å². The van der Waals surface area contributed by atoms with Crippen LogP contribution in [0.2, 0.25) is 0 Å². The second kappa shape index (κ2) is 52.0. The Hall–Kier alpha value is -3.35. The van der Waals surface area contributed by atoms with E-state index in [2.05, 4.69) is 116 Å². The van der Waals surface area contributed by atoms with Crippen molar-refractivity contribution in [2.75, 3.05) is 19.8 Å². The minimum Gasteiger partial charge on any atom is -0.394 e. The minimum absolute atomic E-state index is 0.259. The van der Waals surface area contributed by atoms with E-state index in [1.165, 1.54) is 103 Å². The highest BCUT2D eigenvalue weighted by Crippen LogP contribution is 2.30. The highest BCUT2D eigenvalue weighted by atomic mass is 16.7. The van der Waals surface area contributed by atoms with E-state index < -0.39 is 86.8 Å². The van der Waals surface area contributed by atoms with Crippen LogP contribution in [0.3, 0.4) is 0 Å². The van der Waals surface area contributed by atoms with Crippen molar-refractivity contribution in [1.29, 1.82) is 0 Å². The van der Waals surface area contributed by atoms with Gasteiger partial charge in [-0.2, -0.15) is 0 Å². The average molecular weight is 1150 g/mol. The molecular formula is C68H115NO13. The van der Waals surface area contributed by atoms with Crippen LogP contribution in [0, 0.1) is 0 Å². The maximum absolute atomic E-state index is 13.3. The maximum atomic E-state index is 13.3. The van der Waals surface area contributed by atoms with E-state index in [1.807, 2.05) is 6.08 Å². The van der Waals surface area contributed by atoms with Gasteiger partial charge >= 0.3 is 0 Å². The molecule has 2 saturated heterocycles. The Labute approximate surface area is 495 Å². The molecule has 0 spiro atoms. The Kier molecular flexibility index (Phi) is 47.4. The number of carbonyl (C=O) groups is 1. The molecule has 82 heavy (non-hydrogen) atoms. The number of hydrogen-bond acceptors (Lipinski definition) is 13. The molecule has 2 rings (SSSR count). The second-order valence-corrected chi connectivity index (χ2v) is 22.1. The zero-order valence-corrected chi connectivity index (χ0v) is 50.7. The lowest BCUT2D eigenvalue weighted by molar-refractivity contribution is -0.359. The molecule has 0 bridgehead atoms. The highest BCUT2D eigenvalue weighted by molar-refractivity contribution is 5.76. The van der Waals surface area contributed by atoms with Crippen LogP contribution in [0.15, 0.2) is 109 Å². The van der Waals surface area contributed by atoms with Gasteiger partial charge in [-0.25, -0.2) is 0 Å². The fourth-order valence-corrected chi connectivity index (χ4v) is 9.80. The standard InChI is InChI=1S/C68H115NO13/c1-3-5-7-9-11-13-15-17-19-20-21-22-23-24-25-26-27-28-29-30-31-32-33-34-35-36-38-40-42-44-46-48-50-52-60(73)69-56(57(72)51-49-47-45-43-41-39-37-18-16-14-12-10-8-6-4-2)55-79-67-65(78)63(76)66(59(54-71)81-67)82-68-64(77)62(75)61(74)58(53-70)80-68/h5,7,11,13,16-19,21-22,24-25,27-28,41,43,49,51,56-59,61-68,70-72,74-78H,3-4,6,8-10,12,14-15,20,23,26,29-40,42,44-48,50,52-55H2,1-2H3,(H,69,73)/b7-5-,13-11-,18-16+,19-17-,22-21-,25-24-,28-27-,43-41+,51-49+. The van der Waals surface area contributed by atoms with E-state index in [1.54, 1.807) is 6.08 Å². The van der Waals surface area contributed by atoms with Gasteiger partial charge in [-0.3, -0.25) is 4.79 Å². The number of unbranched alkanes of at least 4 members (excludes halogenated alkanes) is 21. The predicted molar refractivity (Wildman–Crippen MR) is 332 cm³/mol. The third kappa shape index (κ3) is 36.5. The molecule has 12 unspecified atom stereocenters. The number of nitrogens with one attached hydrogen (secondary N) is 1. The highest BCUT2D eigenvalue weighted by Gasteiger charge is 2.51. The van der Waals surface area contributed by atoms with Crippen LogP contribution in [0.5, 0.6) is 0 Å². The summed E-state index contributed by atoms with van der Waals surface area (Å²) in [4.78, 5) is 13.3. The van der Waals surface area contributed by atoms with Gasteiger partial charge in [0.05, 0.1) is 32.0 Å². The summed E-state index contributed by atoms with van der Waals surface area (Å²) >= 11 is 0. The molecule has 2 aliphatic rings. The van der Waals surface area contributed by atoms with Gasteiger partial charge in [-0.15, -0.1) is 0 Å². The molecule has 2 aliphatic heterocycles. The zero-order chi connectivity index (χ0) is 59.5. The molecule has 2 heterocycles. The summed E-state index contributed by atoms with van der Waals surface area (Å²) in [6, 6.07) is -0.944. The first-order chi connectivity index (χ1) is 40.1. The predicted octanol–water partition coefficient (Wildman–Crippen LogP) is 12.0. The van der Waals surface area contributed by atoms with Crippen LogP contribution in [-0.4, -0.2) is 140 Å². The van der Waals surface area contributed by atoms with E-state index in [0.29, 0.717) is 12.8 Å². The van der Waals surface area contributed by atoms with E-state index >= 15 is 0 Å². The van der Waals surface area contributed by atoms with Crippen LogP contribution in [-0.2, 0) is 23.7 Å². The SMILES string of the molecule is CC/C=C\C/C=C\C/C=C\C/C=C\C/C=C\C/C=C\CCCCCCCCCCCCCCCCC(=O)NC(COC1OC(CO)C(OC2OC(CO)C(O)C(O)C2O)C(O)C1O)C(O)/C=C/CC/C=C/CC/C=C/CCCCCCC. The number of hydrogen-bond donors (Lipinski definition) is 9. The number of amides is 1. The van der Waals surface area contributed by atoms with Gasteiger partial charge in [0.15, 0.2) is 12.6 Å². The summed E-state index contributed by atoms with van der Waals surface area (Å²) in [5.74, 6) is -0.259. The molecule has 9 N–H and O–H groups in total. The van der Waals surface area contributed by atoms with E-state index in [9.17, 15) is 45.6 Å². The van der Waals surface area contributed by atoms with Crippen molar-refractivity contribution in [3.63, 3.8) is 0 Å². The molecule has 1 amide bonds. The molecule has 0 aromatic heterocycles. The van der Waals surface area contributed by atoms with Crippen molar-refractivity contribution >= 4 is 5.91 Å². The van der Waals surface area contributed by atoms with Gasteiger partial charge < -0.3 is 65.1 Å². The molecule has 14 heteroatoms. The number of rotatable bonds is 50. The minimum atomic E-state index is -1.80. The summed E-state index contributed by atoms with van der Waals surface area (Å²) in [6.07, 6.45) is 57.1. The number of allylic oxidation sites excluding steroid dienone is 17. The lowest BCUT2D eigenvalue weighted by atomic mass is 9.97. The van der Waals surface area contributed by atoms with Crippen molar-refractivity contribution in [1.82, 2.24) is 5.32 Å². The Bertz CT molecular complexity index is 1790. The first-order valence-electron chi connectivity index (χ1n) is 32.1. The van der Waals surface area contributed by atoms with Crippen molar-refractivity contribution in [3.8, 4) is 0 Å². The fraction of sp³-hybridized carbons (Fsp3) is 0.721. The number of aliphatic hydroxyl groups is 8. The molecule has 14 nitrogen and oxygen atoms in total. The first kappa shape index (κ1) is 74.7. The Morgan fingerprint density at radius 2 is 0.854 bits per heavy atom. The summed E-state index contributed by atoms with van der Waals surface area (Å²) in [7, 11) is 0. The van der Waals surface area contributed by atoms with E-state index in [-0.39, 0.29) is 18.9 Å².